The fourth-order valence-corrected chi connectivity index (χ4v) is 0.941. The van der Waals surface area contributed by atoms with E-state index in [9.17, 15) is 4.79 Å². The highest BCUT2D eigenvalue weighted by molar-refractivity contribution is 7.59. The summed E-state index contributed by atoms with van der Waals surface area (Å²) in [5.74, 6) is 0. The average molecular weight is 178 g/mol. The second kappa shape index (κ2) is 4.46. The first-order valence-corrected chi connectivity index (χ1v) is 3.27. The summed E-state index contributed by atoms with van der Waals surface area (Å²) in [6.07, 6.45) is -0.269. The maximum Gasteiger partial charge on any atom is 0.407 e. The Balaban J connectivity index is 0.000001000. The number of rotatable bonds is 2. The van der Waals surface area contributed by atoms with Crippen LogP contribution in [0.25, 0.3) is 0 Å². The van der Waals surface area contributed by atoms with Crippen molar-refractivity contribution in [3.8, 4) is 0 Å². The highest BCUT2D eigenvalue weighted by Crippen LogP contribution is 1.99. The molecule has 5 heteroatoms. The Bertz CT molecular complexity index is 141. The number of ether oxygens (including phenoxy) is 1. The second-order valence-electron chi connectivity index (χ2n) is 2.67. The van der Waals surface area contributed by atoms with Crippen molar-refractivity contribution in [3.05, 3.63) is 0 Å². The number of amides is 1. The van der Waals surface area contributed by atoms with Gasteiger partial charge in [-0.1, -0.05) is 0 Å². The minimum Gasteiger partial charge on any atom is -0.443 e. The molecule has 1 aliphatic heterocycles. The molecular weight excluding hydrogens is 164 g/mol. The zero-order valence-corrected chi connectivity index (χ0v) is 7.76. The third kappa shape index (κ3) is 3.48. The predicted molar refractivity (Wildman–Crippen MR) is 47.2 cm³/mol. The lowest BCUT2D eigenvalue weighted by Gasteiger charge is -2.12. The van der Waals surface area contributed by atoms with E-state index >= 15 is 0 Å². The molecule has 0 radical (unpaired) electrons. The summed E-state index contributed by atoms with van der Waals surface area (Å²) >= 11 is 0. The molecule has 0 aliphatic carbocycles. The summed E-state index contributed by atoms with van der Waals surface area (Å²) < 4.78 is 4.88. The number of alkyl carbamates (subject to hydrolysis) is 1. The van der Waals surface area contributed by atoms with Gasteiger partial charge in [-0.15, -0.1) is 0 Å². The molecule has 1 aliphatic rings. The highest BCUT2D eigenvalue weighted by atomic mass is 32.1. The second-order valence-corrected chi connectivity index (χ2v) is 2.67. The molecular formula is C6H14N2O2S. The topological polar surface area (TPSA) is 41.6 Å². The van der Waals surface area contributed by atoms with Crippen molar-refractivity contribution in [2.24, 2.45) is 0 Å². The maximum absolute atomic E-state index is 10.5. The zero-order valence-electron chi connectivity index (χ0n) is 6.76. The van der Waals surface area contributed by atoms with E-state index in [0.29, 0.717) is 6.54 Å². The quantitative estimate of drug-likeness (QED) is 0.635. The van der Waals surface area contributed by atoms with Crippen molar-refractivity contribution in [2.45, 2.75) is 6.10 Å². The number of cyclic esters (lactones) is 1. The van der Waals surface area contributed by atoms with Gasteiger partial charge in [0.2, 0.25) is 0 Å². The number of hydrogen-bond acceptors (Lipinski definition) is 3. The van der Waals surface area contributed by atoms with E-state index in [2.05, 4.69) is 5.32 Å². The molecule has 4 nitrogen and oxygen atoms in total. The van der Waals surface area contributed by atoms with Gasteiger partial charge < -0.3 is 15.0 Å². The monoisotopic (exact) mass is 178 g/mol. The minimum atomic E-state index is -0.299. The third-order valence-electron chi connectivity index (χ3n) is 1.32. The molecule has 0 unspecified atom stereocenters. The number of carbonyl (C=O) groups is 1. The van der Waals surface area contributed by atoms with Crippen LogP contribution in [0.3, 0.4) is 0 Å². The van der Waals surface area contributed by atoms with Gasteiger partial charge in [0, 0.05) is 6.54 Å². The molecule has 1 amide bonds. The summed E-state index contributed by atoms with van der Waals surface area (Å²) in [6.45, 7) is 1.43. The molecule has 11 heavy (non-hydrogen) atoms. The Labute approximate surface area is 73.3 Å². The van der Waals surface area contributed by atoms with Crippen LogP contribution < -0.4 is 5.32 Å². The minimum absolute atomic E-state index is 0. The third-order valence-corrected chi connectivity index (χ3v) is 1.32. The number of nitrogens with one attached hydrogen (secondary N) is 1. The molecule has 1 atom stereocenters. The van der Waals surface area contributed by atoms with E-state index in [1.165, 1.54) is 0 Å². The Morgan fingerprint density at radius 1 is 1.73 bits per heavy atom. The van der Waals surface area contributed by atoms with Crippen molar-refractivity contribution >= 4 is 19.6 Å². The molecule has 1 N–H and O–H groups in total. The van der Waals surface area contributed by atoms with Crippen LogP contribution in [0.4, 0.5) is 4.79 Å². The van der Waals surface area contributed by atoms with Crippen LogP contribution in [-0.2, 0) is 4.74 Å². The SMILES string of the molecule is CN(C)C[C@@H]1CNC(=O)O1.S. The summed E-state index contributed by atoms with van der Waals surface area (Å²) in [5.41, 5.74) is 0. The van der Waals surface area contributed by atoms with Crippen molar-refractivity contribution in [2.75, 3.05) is 27.2 Å². The average Bonchev–Trinajstić information content (AvgIpc) is 2.13. The Morgan fingerprint density at radius 2 is 2.36 bits per heavy atom. The molecule has 0 aromatic carbocycles. The van der Waals surface area contributed by atoms with Crippen LogP contribution in [0.1, 0.15) is 0 Å². The van der Waals surface area contributed by atoms with Gasteiger partial charge >= 0.3 is 6.09 Å². The first-order chi connectivity index (χ1) is 4.68. The van der Waals surface area contributed by atoms with Gasteiger partial charge in [0.05, 0.1) is 6.54 Å². The lowest BCUT2D eigenvalue weighted by Crippen LogP contribution is -2.28. The lowest BCUT2D eigenvalue weighted by molar-refractivity contribution is 0.123. The maximum atomic E-state index is 10.5. The van der Waals surface area contributed by atoms with Crippen LogP contribution in [0, 0.1) is 0 Å². The smallest absolute Gasteiger partial charge is 0.407 e. The van der Waals surface area contributed by atoms with E-state index in [-0.39, 0.29) is 25.7 Å². The lowest BCUT2D eigenvalue weighted by atomic mass is 10.3. The van der Waals surface area contributed by atoms with Crippen LogP contribution in [-0.4, -0.2) is 44.3 Å². The Morgan fingerprint density at radius 3 is 2.73 bits per heavy atom. The highest BCUT2D eigenvalue weighted by Gasteiger charge is 2.22. The summed E-state index contributed by atoms with van der Waals surface area (Å²) in [4.78, 5) is 12.5. The molecule has 1 fully saturated rings. The van der Waals surface area contributed by atoms with Gasteiger partial charge in [0.1, 0.15) is 6.10 Å². The van der Waals surface area contributed by atoms with E-state index in [0.717, 1.165) is 6.54 Å². The van der Waals surface area contributed by atoms with Gasteiger partial charge in [0.25, 0.3) is 0 Å². The van der Waals surface area contributed by atoms with E-state index in [1.54, 1.807) is 0 Å². The fourth-order valence-electron chi connectivity index (χ4n) is 0.941. The largest absolute Gasteiger partial charge is 0.443 e. The van der Waals surface area contributed by atoms with Crippen molar-refractivity contribution in [1.82, 2.24) is 10.2 Å². The van der Waals surface area contributed by atoms with Crippen molar-refractivity contribution in [1.29, 1.82) is 0 Å². The van der Waals surface area contributed by atoms with E-state index in [4.69, 9.17) is 4.74 Å². The molecule has 66 valence electrons. The van der Waals surface area contributed by atoms with Crippen molar-refractivity contribution < 1.29 is 9.53 Å². The number of likely N-dealkylation sites (N-methyl/N-ethyl adjacent to an activating group) is 1. The summed E-state index contributed by atoms with van der Waals surface area (Å²) in [6, 6.07) is 0. The first-order valence-electron chi connectivity index (χ1n) is 3.27. The molecule has 1 heterocycles. The van der Waals surface area contributed by atoms with E-state index in [1.807, 2.05) is 19.0 Å². The van der Waals surface area contributed by atoms with Gasteiger partial charge in [-0.05, 0) is 14.1 Å². The van der Waals surface area contributed by atoms with Crippen molar-refractivity contribution in [3.63, 3.8) is 0 Å². The first kappa shape index (κ1) is 10.6. The van der Waals surface area contributed by atoms with Gasteiger partial charge in [0.15, 0.2) is 0 Å². The van der Waals surface area contributed by atoms with Gasteiger partial charge in [-0.25, -0.2) is 4.79 Å². The molecule has 1 rings (SSSR count). The van der Waals surface area contributed by atoms with Gasteiger partial charge in [-0.2, -0.15) is 13.5 Å². The van der Waals surface area contributed by atoms with Gasteiger partial charge in [-0.3, -0.25) is 0 Å². The molecule has 0 aromatic heterocycles. The normalized spacial score (nSPS) is 22.5. The molecule has 0 spiro atoms. The number of nitrogens with zero attached hydrogens (tertiary/aromatic N) is 1. The Hall–Kier alpha value is -0.420. The molecule has 0 aromatic rings. The van der Waals surface area contributed by atoms with Crippen LogP contribution in [0.5, 0.6) is 0 Å². The summed E-state index contributed by atoms with van der Waals surface area (Å²) in [7, 11) is 3.90. The number of carbonyl (C=O) groups excluding carboxylic acids is 1. The molecule has 1 saturated heterocycles. The summed E-state index contributed by atoms with van der Waals surface area (Å²) in [5, 5.41) is 2.59. The zero-order chi connectivity index (χ0) is 7.56. The van der Waals surface area contributed by atoms with Crippen LogP contribution in [0.15, 0.2) is 0 Å². The molecule has 0 saturated carbocycles. The van der Waals surface area contributed by atoms with Crippen LogP contribution >= 0.6 is 13.5 Å². The van der Waals surface area contributed by atoms with Crippen LogP contribution in [0.2, 0.25) is 0 Å². The molecule has 0 bridgehead atoms. The predicted octanol–water partition coefficient (Wildman–Crippen LogP) is -0.231. The standard InChI is InChI=1S/C6H12N2O2.H2S/c1-8(2)4-5-3-7-6(9)10-5;/h5H,3-4H2,1-2H3,(H,7,9);1H2/t5-;/m0./s1. The fraction of sp³-hybridized carbons (Fsp3) is 0.833. The van der Waals surface area contributed by atoms with E-state index < -0.39 is 0 Å². The Kier molecular flexibility index (Phi) is 4.29. The number of hydrogen-bond donors (Lipinski definition) is 1.